The Morgan fingerprint density at radius 2 is 2.05 bits per heavy atom. The van der Waals surface area contributed by atoms with Crippen LogP contribution in [0.25, 0.3) is 0 Å². The van der Waals surface area contributed by atoms with Crippen LogP contribution in [0.3, 0.4) is 0 Å². The number of carbonyl (C=O) groups is 1. The second-order valence-electron chi connectivity index (χ2n) is 4.94. The molecule has 1 rings (SSSR count). The summed E-state index contributed by atoms with van der Waals surface area (Å²) in [5, 5.41) is 3.40. The molecule has 4 heteroatoms. The number of hydrogen-bond donors (Lipinski definition) is 1. The quantitative estimate of drug-likeness (QED) is 0.671. The van der Waals surface area contributed by atoms with Gasteiger partial charge >= 0.3 is 5.97 Å². The van der Waals surface area contributed by atoms with Gasteiger partial charge in [0.25, 0.3) is 0 Å². The van der Waals surface area contributed by atoms with E-state index in [1.165, 1.54) is 0 Å². The number of hydrogen-bond acceptors (Lipinski definition) is 4. The summed E-state index contributed by atoms with van der Waals surface area (Å²) in [5.41, 5.74) is 1.06. The number of benzene rings is 1. The SMILES string of the molecule is CCCNC(CC(=O)OCC)c1cccc(OCCC)c1. The standard InChI is InChI=1S/C17H27NO3/c1-4-10-18-16(13-17(19)20-6-3)14-8-7-9-15(12-14)21-11-5-2/h7-9,12,16,18H,4-6,10-11,13H2,1-3H3. The minimum Gasteiger partial charge on any atom is -0.494 e. The van der Waals surface area contributed by atoms with Crippen molar-refractivity contribution in [3.05, 3.63) is 29.8 Å². The van der Waals surface area contributed by atoms with Crippen LogP contribution in [0.4, 0.5) is 0 Å². The lowest BCUT2D eigenvalue weighted by atomic mass is 10.0. The van der Waals surface area contributed by atoms with Crippen LogP contribution in [-0.4, -0.2) is 25.7 Å². The zero-order valence-corrected chi connectivity index (χ0v) is 13.4. The van der Waals surface area contributed by atoms with Crippen LogP contribution in [0.5, 0.6) is 5.75 Å². The summed E-state index contributed by atoms with van der Waals surface area (Å²) < 4.78 is 10.7. The van der Waals surface area contributed by atoms with E-state index >= 15 is 0 Å². The minimum atomic E-state index is -0.175. The summed E-state index contributed by atoms with van der Waals surface area (Å²) in [7, 11) is 0. The zero-order chi connectivity index (χ0) is 15.5. The highest BCUT2D eigenvalue weighted by Crippen LogP contribution is 2.22. The van der Waals surface area contributed by atoms with Crippen molar-refractivity contribution < 1.29 is 14.3 Å². The van der Waals surface area contributed by atoms with Gasteiger partial charge in [0.05, 0.1) is 19.6 Å². The van der Waals surface area contributed by atoms with E-state index in [1.807, 2.05) is 31.2 Å². The fraction of sp³-hybridized carbons (Fsp3) is 0.588. The molecule has 0 spiro atoms. The predicted octanol–water partition coefficient (Wildman–Crippen LogP) is 3.47. The Bertz CT molecular complexity index is 420. The molecule has 0 aliphatic rings. The van der Waals surface area contributed by atoms with Crippen LogP contribution in [0, 0.1) is 0 Å². The van der Waals surface area contributed by atoms with E-state index in [0.717, 1.165) is 30.7 Å². The van der Waals surface area contributed by atoms with Crippen LogP contribution in [-0.2, 0) is 9.53 Å². The second-order valence-corrected chi connectivity index (χ2v) is 4.94. The second kappa shape index (κ2) is 10.2. The lowest BCUT2D eigenvalue weighted by molar-refractivity contribution is -0.143. The number of ether oxygens (including phenoxy) is 2. The normalized spacial score (nSPS) is 12.0. The molecule has 0 heterocycles. The molecular weight excluding hydrogens is 266 g/mol. The van der Waals surface area contributed by atoms with E-state index in [4.69, 9.17) is 9.47 Å². The predicted molar refractivity (Wildman–Crippen MR) is 84.5 cm³/mol. The van der Waals surface area contributed by atoms with Crippen molar-refractivity contribution in [3.8, 4) is 5.75 Å². The molecule has 118 valence electrons. The first-order valence-corrected chi connectivity index (χ1v) is 7.83. The van der Waals surface area contributed by atoms with E-state index in [9.17, 15) is 4.79 Å². The van der Waals surface area contributed by atoms with Crippen LogP contribution in [0.15, 0.2) is 24.3 Å². The molecule has 1 unspecified atom stereocenters. The summed E-state index contributed by atoms with van der Waals surface area (Å²) in [6, 6.07) is 7.90. The molecular formula is C17H27NO3. The Labute approximate surface area is 127 Å². The highest BCUT2D eigenvalue weighted by molar-refractivity contribution is 5.70. The molecule has 0 saturated heterocycles. The molecule has 1 atom stereocenters. The first kappa shape index (κ1) is 17.5. The largest absolute Gasteiger partial charge is 0.494 e. The maximum atomic E-state index is 11.8. The van der Waals surface area contributed by atoms with Gasteiger partial charge < -0.3 is 14.8 Å². The molecule has 0 saturated carbocycles. The molecule has 0 aromatic heterocycles. The van der Waals surface area contributed by atoms with Gasteiger partial charge in [0.1, 0.15) is 5.75 Å². The Balaban J connectivity index is 2.78. The molecule has 21 heavy (non-hydrogen) atoms. The molecule has 0 aliphatic heterocycles. The van der Waals surface area contributed by atoms with E-state index in [0.29, 0.717) is 19.6 Å². The number of rotatable bonds is 10. The van der Waals surface area contributed by atoms with E-state index in [-0.39, 0.29) is 12.0 Å². The van der Waals surface area contributed by atoms with Crippen LogP contribution < -0.4 is 10.1 Å². The summed E-state index contributed by atoms with van der Waals surface area (Å²) in [5.74, 6) is 0.674. The maximum Gasteiger partial charge on any atom is 0.307 e. The minimum absolute atomic E-state index is 0.0332. The monoisotopic (exact) mass is 293 g/mol. The van der Waals surface area contributed by atoms with Gasteiger partial charge in [0.15, 0.2) is 0 Å². The van der Waals surface area contributed by atoms with Gasteiger partial charge in [-0.3, -0.25) is 4.79 Å². The molecule has 0 fully saturated rings. The average molecular weight is 293 g/mol. The van der Waals surface area contributed by atoms with Crippen LogP contribution >= 0.6 is 0 Å². The summed E-state index contributed by atoms with van der Waals surface area (Å²) in [6.07, 6.45) is 2.33. The Morgan fingerprint density at radius 1 is 1.24 bits per heavy atom. The fourth-order valence-corrected chi connectivity index (χ4v) is 2.05. The van der Waals surface area contributed by atoms with Gasteiger partial charge in [0.2, 0.25) is 0 Å². The van der Waals surface area contributed by atoms with Crippen molar-refractivity contribution in [2.75, 3.05) is 19.8 Å². The fourth-order valence-electron chi connectivity index (χ4n) is 2.05. The number of esters is 1. The molecule has 0 amide bonds. The maximum absolute atomic E-state index is 11.8. The smallest absolute Gasteiger partial charge is 0.307 e. The topological polar surface area (TPSA) is 47.6 Å². The summed E-state index contributed by atoms with van der Waals surface area (Å²) in [4.78, 5) is 11.8. The van der Waals surface area contributed by atoms with Crippen molar-refractivity contribution in [2.45, 2.75) is 46.1 Å². The molecule has 0 bridgehead atoms. The van der Waals surface area contributed by atoms with Gasteiger partial charge in [-0.2, -0.15) is 0 Å². The molecule has 1 aromatic carbocycles. The van der Waals surface area contributed by atoms with E-state index in [1.54, 1.807) is 0 Å². The first-order valence-electron chi connectivity index (χ1n) is 7.83. The molecule has 1 aromatic rings. The third kappa shape index (κ3) is 6.63. The highest BCUT2D eigenvalue weighted by Gasteiger charge is 2.16. The average Bonchev–Trinajstić information content (AvgIpc) is 2.50. The van der Waals surface area contributed by atoms with Crippen molar-refractivity contribution in [1.82, 2.24) is 5.32 Å². The first-order chi connectivity index (χ1) is 10.2. The molecule has 1 N–H and O–H groups in total. The molecule has 0 radical (unpaired) electrons. The molecule has 4 nitrogen and oxygen atoms in total. The van der Waals surface area contributed by atoms with Gasteiger partial charge in [-0.25, -0.2) is 0 Å². The summed E-state index contributed by atoms with van der Waals surface area (Å²) >= 11 is 0. The van der Waals surface area contributed by atoms with Crippen molar-refractivity contribution in [2.24, 2.45) is 0 Å². The number of nitrogens with one attached hydrogen (secondary N) is 1. The van der Waals surface area contributed by atoms with Crippen LogP contribution in [0.2, 0.25) is 0 Å². The van der Waals surface area contributed by atoms with Crippen molar-refractivity contribution >= 4 is 5.97 Å². The van der Waals surface area contributed by atoms with Crippen LogP contribution in [0.1, 0.15) is 51.6 Å². The van der Waals surface area contributed by atoms with Crippen molar-refractivity contribution in [3.63, 3.8) is 0 Å². The third-order valence-electron chi connectivity index (χ3n) is 3.05. The lowest BCUT2D eigenvalue weighted by Crippen LogP contribution is -2.25. The Hall–Kier alpha value is -1.55. The zero-order valence-electron chi connectivity index (χ0n) is 13.4. The van der Waals surface area contributed by atoms with Crippen molar-refractivity contribution in [1.29, 1.82) is 0 Å². The van der Waals surface area contributed by atoms with E-state index < -0.39 is 0 Å². The number of carbonyl (C=O) groups excluding carboxylic acids is 1. The van der Waals surface area contributed by atoms with Gasteiger partial charge in [-0.05, 0) is 44.0 Å². The van der Waals surface area contributed by atoms with Gasteiger partial charge in [-0.1, -0.05) is 26.0 Å². The van der Waals surface area contributed by atoms with E-state index in [2.05, 4.69) is 19.2 Å². The van der Waals surface area contributed by atoms with Gasteiger partial charge in [0, 0.05) is 6.04 Å². The van der Waals surface area contributed by atoms with Gasteiger partial charge in [-0.15, -0.1) is 0 Å². The highest BCUT2D eigenvalue weighted by atomic mass is 16.5. The third-order valence-corrected chi connectivity index (χ3v) is 3.05. The Kier molecular flexibility index (Phi) is 8.51. The summed E-state index contributed by atoms with van der Waals surface area (Å²) in [6.45, 7) is 7.99. The molecule has 0 aliphatic carbocycles. The lowest BCUT2D eigenvalue weighted by Gasteiger charge is -2.19. The Morgan fingerprint density at radius 3 is 2.71 bits per heavy atom.